The van der Waals surface area contributed by atoms with E-state index in [0.29, 0.717) is 6.54 Å². The molecule has 1 aliphatic carbocycles. The molecule has 0 saturated heterocycles. The van der Waals surface area contributed by atoms with Gasteiger partial charge in [0.25, 0.3) is 0 Å². The van der Waals surface area contributed by atoms with Crippen LogP contribution < -0.4 is 4.72 Å². The van der Waals surface area contributed by atoms with E-state index in [1.165, 1.54) is 0 Å². The standard InChI is InChI=1S/C9H20N2O3S/c1-11(2)9(4-3-5-9)8-10-15(13,14)7-6-12/h10,12H,3-8H2,1-2H3. The summed E-state index contributed by atoms with van der Waals surface area (Å²) in [5.74, 6) is -0.212. The first kappa shape index (κ1) is 12.9. The van der Waals surface area contributed by atoms with Crippen LogP contribution in [0, 0.1) is 0 Å². The molecule has 0 spiro atoms. The average Bonchev–Trinajstić information content (AvgIpc) is 2.00. The van der Waals surface area contributed by atoms with Gasteiger partial charge in [-0.15, -0.1) is 0 Å². The fourth-order valence-corrected chi connectivity index (χ4v) is 2.68. The number of likely N-dealkylation sites (N-methyl/N-ethyl adjacent to an activating group) is 1. The summed E-state index contributed by atoms with van der Waals surface area (Å²) in [5, 5.41) is 8.58. The number of nitrogens with zero attached hydrogens (tertiary/aromatic N) is 1. The molecule has 1 saturated carbocycles. The largest absolute Gasteiger partial charge is 0.395 e. The summed E-state index contributed by atoms with van der Waals surface area (Å²) in [6.07, 6.45) is 3.21. The first-order valence-electron chi connectivity index (χ1n) is 5.17. The van der Waals surface area contributed by atoms with Crippen LogP contribution in [0.4, 0.5) is 0 Å². The zero-order chi connectivity index (χ0) is 11.5. The summed E-state index contributed by atoms with van der Waals surface area (Å²) in [6.45, 7) is 0.118. The third kappa shape index (κ3) is 3.14. The first-order chi connectivity index (χ1) is 6.92. The summed E-state index contributed by atoms with van der Waals surface area (Å²) in [5.41, 5.74) is -0.0114. The van der Waals surface area contributed by atoms with Gasteiger partial charge in [-0.2, -0.15) is 0 Å². The van der Waals surface area contributed by atoms with Crippen LogP contribution in [-0.2, 0) is 10.0 Å². The second-order valence-corrected chi connectivity index (χ2v) is 6.26. The number of aliphatic hydroxyl groups excluding tert-OH is 1. The van der Waals surface area contributed by atoms with Crippen LogP contribution in [0.25, 0.3) is 0 Å². The quantitative estimate of drug-likeness (QED) is 0.645. The Kier molecular flexibility index (Phi) is 4.11. The van der Waals surface area contributed by atoms with Gasteiger partial charge in [0.1, 0.15) is 0 Å². The molecule has 0 radical (unpaired) electrons. The Morgan fingerprint density at radius 1 is 1.40 bits per heavy atom. The minimum absolute atomic E-state index is 0.0114. The van der Waals surface area contributed by atoms with Crippen LogP contribution in [0.3, 0.4) is 0 Å². The van der Waals surface area contributed by atoms with Gasteiger partial charge in [-0.1, -0.05) is 0 Å². The highest BCUT2D eigenvalue weighted by molar-refractivity contribution is 7.89. The molecule has 0 aromatic rings. The molecular weight excluding hydrogens is 216 g/mol. The van der Waals surface area contributed by atoms with E-state index >= 15 is 0 Å². The number of hydrogen-bond acceptors (Lipinski definition) is 4. The van der Waals surface area contributed by atoms with Crippen molar-refractivity contribution in [3.63, 3.8) is 0 Å². The van der Waals surface area contributed by atoms with Crippen LogP contribution in [0.1, 0.15) is 19.3 Å². The summed E-state index contributed by atoms with van der Waals surface area (Å²) in [6, 6.07) is 0. The van der Waals surface area contributed by atoms with Crippen molar-refractivity contribution in [3.05, 3.63) is 0 Å². The van der Waals surface area contributed by atoms with Crippen LogP contribution in [0.2, 0.25) is 0 Å². The molecule has 6 heteroatoms. The van der Waals surface area contributed by atoms with Gasteiger partial charge in [0.2, 0.25) is 10.0 Å². The fraction of sp³-hybridized carbons (Fsp3) is 1.00. The van der Waals surface area contributed by atoms with Crippen molar-refractivity contribution >= 4 is 10.0 Å². The number of nitrogens with one attached hydrogen (secondary N) is 1. The molecule has 2 N–H and O–H groups in total. The second kappa shape index (κ2) is 4.78. The molecule has 5 nitrogen and oxygen atoms in total. The van der Waals surface area contributed by atoms with Crippen molar-refractivity contribution in [1.29, 1.82) is 0 Å². The Morgan fingerprint density at radius 3 is 2.33 bits per heavy atom. The lowest BCUT2D eigenvalue weighted by Crippen LogP contribution is -2.57. The van der Waals surface area contributed by atoms with E-state index in [0.717, 1.165) is 19.3 Å². The topological polar surface area (TPSA) is 69.6 Å². The highest BCUT2D eigenvalue weighted by atomic mass is 32.2. The minimum Gasteiger partial charge on any atom is -0.395 e. The maximum atomic E-state index is 11.4. The van der Waals surface area contributed by atoms with Gasteiger partial charge in [-0.3, -0.25) is 0 Å². The predicted octanol–water partition coefficient (Wildman–Crippen LogP) is -0.618. The smallest absolute Gasteiger partial charge is 0.213 e. The molecule has 1 aliphatic rings. The maximum Gasteiger partial charge on any atom is 0.213 e. The number of hydrogen-bond donors (Lipinski definition) is 2. The Balaban J connectivity index is 2.48. The van der Waals surface area contributed by atoms with Gasteiger partial charge in [0.15, 0.2) is 0 Å². The molecule has 0 bridgehead atoms. The van der Waals surface area contributed by atoms with Crippen molar-refractivity contribution in [2.75, 3.05) is 33.0 Å². The number of rotatable bonds is 6. The Hall–Kier alpha value is -0.170. The molecule has 0 aliphatic heterocycles. The van der Waals surface area contributed by atoms with Crippen molar-refractivity contribution in [2.24, 2.45) is 0 Å². The average molecular weight is 236 g/mol. The minimum atomic E-state index is -3.30. The lowest BCUT2D eigenvalue weighted by Gasteiger charge is -2.47. The predicted molar refractivity (Wildman–Crippen MR) is 59.1 cm³/mol. The van der Waals surface area contributed by atoms with Gasteiger partial charge < -0.3 is 10.0 Å². The molecule has 1 rings (SSSR count). The molecular formula is C9H20N2O3S. The highest BCUT2D eigenvalue weighted by Gasteiger charge is 2.39. The molecule has 90 valence electrons. The van der Waals surface area contributed by atoms with E-state index in [9.17, 15) is 8.42 Å². The third-order valence-electron chi connectivity index (χ3n) is 3.21. The highest BCUT2D eigenvalue weighted by Crippen LogP contribution is 2.35. The maximum absolute atomic E-state index is 11.4. The van der Waals surface area contributed by atoms with E-state index < -0.39 is 10.0 Å². The number of aliphatic hydroxyl groups is 1. The Morgan fingerprint density at radius 2 is 2.00 bits per heavy atom. The summed E-state index contributed by atoms with van der Waals surface area (Å²) >= 11 is 0. The lowest BCUT2D eigenvalue weighted by atomic mass is 9.76. The molecule has 0 atom stereocenters. The van der Waals surface area contributed by atoms with E-state index in [1.54, 1.807) is 0 Å². The zero-order valence-electron chi connectivity index (χ0n) is 9.36. The van der Waals surface area contributed by atoms with Crippen molar-refractivity contribution in [1.82, 2.24) is 9.62 Å². The monoisotopic (exact) mass is 236 g/mol. The lowest BCUT2D eigenvalue weighted by molar-refractivity contribution is 0.0656. The van der Waals surface area contributed by atoms with E-state index in [2.05, 4.69) is 9.62 Å². The third-order valence-corrected chi connectivity index (χ3v) is 4.52. The molecule has 0 amide bonds. The van der Waals surface area contributed by atoms with E-state index in [1.807, 2.05) is 14.1 Å². The summed E-state index contributed by atoms with van der Waals surface area (Å²) in [7, 11) is 0.642. The van der Waals surface area contributed by atoms with Crippen LogP contribution in [-0.4, -0.2) is 57.0 Å². The van der Waals surface area contributed by atoms with Crippen molar-refractivity contribution in [2.45, 2.75) is 24.8 Å². The molecule has 0 aromatic carbocycles. The fourth-order valence-electron chi connectivity index (χ4n) is 1.80. The van der Waals surface area contributed by atoms with Gasteiger partial charge in [-0.25, -0.2) is 13.1 Å². The van der Waals surface area contributed by atoms with Gasteiger partial charge >= 0.3 is 0 Å². The van der Waals surface area contributed by atoms with Crippen LogP contribution >= 0.6 is 0 Å². The van der Waals surface area contributed by atoms with Crippen molar-refractivity contribution < 1.29 is 13.5 Å². The SMILES string of the molecule is CN(C)C1(CNS(=O)(=O)CCO)CCC1. The Labute approximate surface area is 91.5 Å². The molecule has 0 aromatic heterocycles. The summed E-state index contributed by atoms with van der Waals surface area (Å²) in [4.78, 5) is 2.08. The molecule has 0 unspecified atom stereocenters. The Bertz CT molecular complexity index is 296. The van der Waals surface area contributed by atoms with Crippen LogP contribution in [0.5, 0.6) is 0 Å². The second-order valence-electron chi connectivity index (χ2n) is 4.34. The van der Waals surface area contributed by atoms with E-state index in [4.69, 9.17) is 5.11 Å². The summed E-state index contributed by atoms with van der Waals surface area (Å²) < 4.78 is 25.3. The van der Waals surface area contributed by atoms with E-state index in [-0.39, 0.29) is 17.9 Å². The van der Waals surface area contributed by atoms with Crippen LogP contribution in [0.15, 0.2) is 0 Å². The number of sulfonamides is 1. The van der Waals surface area contributed by atoms with Gasteiger partial charge in [0, 0.05) is 12.1 Å². The van der Waals surface area contributed by atoms with Crippen molar-refractivity contribution in [3.8, 4) is 0 Å². The zero-order valence-corrected chi connectivity index (χ0v) is 10.2. The first-order valence-corrected chi connectivity index (χ1v) is 6.83. The normalized spacial score (nSPS) is 20.3. The molecule has 1 fully saturated rings. The molecule has 15 heavy (non-hydrogen) atoms. The van der Waals surface area contributed by atoms with Gasteiger partial charge in [0.05, 0.1) is 12.4 Å². The van der Waals surface area contributed by atoms with Gasteiger partial charge in [-0.05, 0) is 33.4 Å². The molecule has 0 heterocycles.